The van der Waals surface area contributed by atoms with Gasteiger partial charge in [-0.05, 0) is 31.3 Å². The number of hydrogen-bond acceptors (Lipinski definition) is 4. The summed E-state index contributed by atoms with van der Waals surface area (Å²) in [5, 5.41) is 3.16. The van der Waals surface area contributed by atoms with Gasteiger partial charge in [-0.15, -0.1) is 0 Å². The summed E-state index contributed by atoms with van der Waals surface area (Å²) in [6, 6.07) is 12.3. The average Bonchev–Trinajstić information content (AvgIpc) is 3.29. The van der Waals surface area contributed by atoms with E-state index in [0.717, 1.165) is 42.8 Å². The van der Waals surface area contributed by atoms with Crippen molar-refractivity contribution in [2.24, 2.45) is 0 Å². The van der Waals surface area contributed by atoms with Crippen LogP contribution in [0.2, 0.25) is 0 Å². The summed E-state index contributed by atoms with van der Waals surface area (Å²) >= 11 is 0. The molecule has 1 saturated heterocycles. The van der Waals surface area contributed by atoms with E-state index in [1.807, 2.05) is 24.3 Å². The summed E-state index contributed by atoms with van der Waals surface area (Å²) in [6.07, 6.45) is 1.69. The second-order valence-corrected chi connectivity index (χ2v) is 7.74. The van der Waals surface area contributed by atoms with Crippen LogP contribution in [0.4, 0.5) is 10.1 Å². The largest absolute Gasteiger partial charge is 0.369 e. The van der Waals surface area contributed by atoms with Crippen LogP contribution in [0, 0.1) is 5.82 Å². The number of benzene rings is 2. The Bertz CT molecular complexity index is 1200. The molecule has 1 aromatic heterocycles. The summed E-state index contributed by atoms with van der Waals surface area (Å²) in [5.41, 5.74) is 2.71. The van der Waals surface area contributed by atoms with Crippen molar-refractivity contribution in [3.63, 3.8) is 0 Å². The Morgan fingerprint density at radius 2 is 1.60 bits per heavy atom. The number of hydrogen-bond donors (Lipinski definition) is 2. The number of carbonyl (C=O) groups is 2. The molecule has 152 valence electrons. The van der Waals surface area contributed by atoms with Crippen LogP contribution in [0.3, 0.4) is 0 Å². The molecule has 2 aliphatic rings. The molecule has 0 saturated carbocycles. The van der Waals surface area contributed by atoms with Gasteiger partial charge in [0.1, 0.15) is 5.82 Å². The van der Waals surface area contributed by atoms with E-state index in [0.29, 0.717) is 5.56 Å². The van der Waals surface area contributed by atoms with E-state index in [2.05, 4.69) is 27.1 Å². The molecule has 2 amide bonds. The zero-order chi connectivity index (χ0) is 20.8. The maximum absolute atomic E-state index is 14.9. The summed E-state index contributed by atoms with van der Waals surface area (Å²) in [4.78, 5) is 33.0. The number of imide groups is 1. The van der Waals surface area contributed by atoms with Gasteiger partial charge >= 0.3 is 0 Å². The van der Waals surface area contributed by atoms with E-state index in [1.165, 1.54) is 6.07 Å². The average molecular weight is 404 g/mol. The van der Waals surface area contributed by atoms with Gasteiger partial charge in [-0.25, -0.2) is 4.39 Å². The van der Waals surface area contributed by atoms with Gasteiger partial charge in [-0.3, -0.25) is 14.9 Å². The first kappa shape index (κ1) is 18.6. The molecule has 0 radical (unpaired) electrons. The van der Waals surface area contributed by atoms with E-state index in [9.17, 15) is 14.0 Å². The fourth-order valence-electron chi connectivity index (χ4n) is 4.21. The topological polar surface area (TPSA) is 68.4 Å². The molecule has 1 fully saturated rings. The minimum atomic E-state index is -0.574. The van der Waals surface area contributed by atoms with Crippen LogP contribution in [0.5, 0.6) is 0 Å². The molecule has 2 N–H and O–H groups in total. The van der Waals surface area contributed by atoms with Gasteiger partial charge in [0.25, 0.3) is 11.8 Å². The van der Waals surface area contributed by atoms with Gasteiger partial charge in [0.15, 0.2) is 0 Å². The maximum atomic E-state index is 14.9. The monoisotopic (exact) mass is 404 g/mol. The normalized spacial score (nSPS) is 17.9. The van der Waals surface area contributed by atoms with Crippen molar-refractivity contribution >= 4 is 39.6 Å². The van der Waals surface area contributed by atoms with Crippen LogP contribution in [0.25, 0.3) is 22.0 Å². The molecule has 0 atom stereocenters. The minimum absolute atomic E-state index is 0.0817. The van der Waals surface area contributed by atoms with Crippen LogP contribution < -0.4 is 10.2 Å². The summed E-state index contributed by atoms with van der Waals surface area (Å²) in [5.74, 6) is -1.61. The molecular weight excluding hydrogens is 383 g/mol. The number of aromatic amines is 1. The van der Waals surface area contributed by atoms with Crippen molar-refractivity contribution in [1.82, 2.24) is 15.2 Å². The van der Waals surface area contributed by atoms with Crippen molar-refractivity contribution in [2.75, 3.05) is 38.1 Å². The van der Waals surface area contributed by atoms with Gasteiger partial charge in [0.05, 0.1) is 11.1 Å². The van der Waals surface area contributed by atoms with Gasteiger partial charge in [-0.2, -0.15) is 0 Å². The standard InChI is InChI=1S/C23H21FN4O2/c1-27-8-10-28(11-9-27)14-6-7-18(24)16(12-14)20-21(23(30)26-22(20)29)17-13-25-19-5-3-2-4-15(17)19/h2-7,12-13,25H,8-11H2,1H3,(H,26,29,30). The zero-order valence-electron chi connectivity index (χ0n) is 16.5. The fraction of sp³-hybridized carbons (Fsp3) is 0.217. The summed E-state index contributed by atoms with van der Waals surface area (Å²) < 4.78 is 14.9. The highest BCUT2D eigenvalue weighted by molar-refractivity contribution is 6.50. The van der Waals surface area contributed by atoms with E-state index < -0.39 is 17.6 Å². The third kappa shape index (κ3) is 2.98. The fourth-order valence-corrected chi connectivity index (χ4v) is 4.21. The number of H-pyrrole nitrogens is 1. The minimum Gasteiger partial charge on any atom is -0.369 e. The number of nitrogens with one attached hydrogen (secondary N) is 2. The lowest BCUT2D eigenvalue weighted by Crippen LogP contribution is -2.44. The van der Waals surface area contributed by atoms with Crippen molar-refractivity contribution in [3.8, 4) is 0 Å². The Labute approximate surface area is 173 Å². The number of anilines is 1. The number of carbonyl (C=O) groups excluding carboxylic acids is 2. The van der Waals surface area contributed by atoms with Crippen LogP contribution >= 0.6 is 0 Å². The third-order valence-corrected chi connectivity index (χ3v) is 5.88. The highest BCUT2D eigenvalue weighted by Gasteiger charge is 2.35. The second-order valence-electron chi connectivity index (χ2n) is 7.74. The number of para-hydroxylation sites is 1. The zero-order valence-corrected chi connectivity index (χ0v) is 16.5. The molecule has 30 heavy (non-hydrogen) atoms. The van der Waals surface area contributed by atoms with Crippen LogP contribution in [-0.2, 0) is 9.59 Å². The van der Waals surface area contributed by atoms with Crippen molar-refractivity contribution in [1.29, 1.82) is 0 Å². The number of fused-ring (bicyclic) bond motifs is 1. The Balaban J connectivity index is 1.66. The predicted octanol–water partition coefficient (Wildman–Crippen LogP) is 2.63. The van der Waals surface area contributed by atoms with E-state index in [-0.39, 0.29) is 16.7 Å². The first-order valence-electron chi connectivity index (χ1n) is 9.93. The molecule has 2 aromatic carbocycles. The summed E-state index contributed by atoms with van der Waals surface area (Å²) in [7, 11) is 2.07. The quantitative estimate of drug-likeness (QED) is 0.659. The number of nitrogens with zero attached hydrogens (tertiary/aromatic N) is 2. The molecular formula is C23H21FN4O2. The number of amides is 2. The first-order chi connectivity index (χ1) is 14.5. The molecule has 0 spiro atoms. The lowest BCUT2D eigenvalue weighted by molar-refractivity contribution is -0.122. The van der Waals surface area contributed by atoms with Gasteiger partial charge < -0.3 is 14.8 Å². The van der Waals surface area contributed by atoms with Crippen LogP contribution in [0.15, 0.2) is 48.7 Å². The Kier molecular flexibility index (Phi) is 4.40. The SMILES string of the molecule is CN1CCN(c2ccc(F)c(C3=C(c4c[nH]c5ccccc45)C(=O)NC3=O)c2)CC1. The van der Waals surface area contributed by atoms with Crippen molar-refractivity contribution in [2.45, 2.75) is 0 Å². The predicted molar refractivity (Wildman–Crippen MR) is 114 cm³/mol. The Hall–Kier alpha value is -3.45. The smallest absolute Gasteiger partial charge is 0.259 e. The molecule has 6 nitrogen and oxygen atoms in total. The maximum Gasteiger partial charge on any atom is 0.259 e. The highest BCUT2D eigenvalue weighted by atomic mass is 19.1. The molecule has 5 rings (SSSR count). The van der Waals surface area contributed by atoms with Crippen molar-refractivity contribution in [3.05, 3.63) is 65.6 Å². The Morgan fingerprint density at radius 3 is 2.37 bits per heavy atom. The molecule has 0 bridgehead atoms. The highest BCUT2D eigenvalue weighted by Crippen LogP contribution is 2.37. The van der Waals surface area contributed by atoms with Gasteiger partial charge in [-0.1, -0.05) is 18.2 Å². The number of rotatable bonds is 3. The number of piperazine rings is 1. The lowest BCUT2D eigenvalue weighted by atomic mass is 9.95. The number of halogens is 1. The van der Waals surface area contributed by atoms with Crippen molar-refractivity contribution < 1.29 is 14.0 Å². The molecule has 7 heteroatoms. The first-order valence-corrected chi connectivity index (χ1v) is 9.93. The van der Waals surface area contributed by atoms with E-state index in [1.54, 1.807) is 18.3 Å². The molecule has 2 aliphatic heterocycles. The Morgan fingerprint density at radius 1 is 0.900 bits per heavy atom. The molecule has 3 aromatic rings. The third-order valence-electron chi connectivity index (χ3n) is 5.88. The van der Waals surface area contributed by atoms with Crippen LogP contribution in [-0.4, -0.2) is 54.9 Å². The summed E-state index contributed by atoms with van der Waals surface area (Å²) in [6.45, 7) is 3.46. The second kappa shape index (κ2) is 7.11. The van der Waals surface area contributed by atoms with Gasteiger partial charge in [0, 0.05) is 60.1 Å². The van der Waals surface area contributed by atoms with Gasteiger partial charge in [0.2, 0.25) is 0 Å². The lowest BCUT2D eigenvalue weighted by Gasteiger charge is -2.34. The molecule has 3 heterocycles. The number of likely N-dealkylation sites (N-methyl/N-ethyl adjacent to an activating group) is 1. The van der Waals surface area contributed by atoms with E-state index in [4.69, 9.17) is 0 Å². The van der Waals surface area contributed by atoms with E-state index >= 15 is 0 Å². The van der Waals surface area contributed by atoms with Crippen LogP contribution in [0.1, 0.15) is 11.1 Å². The molecule has 0 aliphatic carbocycles. The number of aromatic nitrogens is 1. The molecule has 0 unspecified atom stereocenters.